The molecule has 0 aromatic carbocycles. The minimum atomic E-state index is -0.705. The van der Waals surface area contributed by atoms with Gasteiger partial charge in [-0.2, -0.15) is 0 Å². The average Bonchev–Trinajstić information content (AvgIpc) is 2.37. The highest BCUT2D eigenvalue weighted by atomic mass is 79.9. The summed E-state index contributed by atoms with van der Waals surface area (Å²) in [5, 5.41) is 2.41. The molecule has 0 radical (unpaired) electrons. The molecule has 7 nitrogen and oxygen atoms in total. The highest BCUT2D eigenvalue weighted by molar-refractivity contribution is 9.10. The predicted octanol–water partition coefficient (Wildman–Crippen LogP) is 2.29. The van der Waals surface area contributed by atoms with Crippen molar-refractivity contribution >= 4 is 34.0 Å². The Kier molecular flexibility index (Phi) is 9.48. The molecule has 0 aliphatic rings. The number of halogens is 1. The van der Waals surface area contributed by atoms with Gasteiger partial charge in [0.2, 0.25) is 0 Å². The highest BCUT2D eigenvalue weighted by Gasteiger charge is 2.17. The molecule has 0 aliphatic carbocycles. The second-order valence-corrected chi connectivity index (χ2v) is 6.83. The lowest BCUT2D eigenvalue weighted by atomic mass is 10.3. The summed E-state index contributed by atoms with van der Waals surface area (Å²) in [5.41, 5.74) is 0.293. The maximum Gasteiger partial charge on any atom is 0.407 e. The lowest BCUT2D eigenvalue weighted by Gasteiger charge is -2.17. The van der Waals surface area contributed by atoms with Crippen molar-refractivity contribution in [1.29, 1.82) is 0 Å². The molecule has 22 heavy (non-hydrogen) atoms. The molecule has 0 aliphatic heterocycles. The first-order valence-corrected chi connectivity index (χ1v) is 7.55. The first-order valence-electron chi connectivity index (χ1n) is 6.76. The Balaban J connectivity index is 3.60. The largest absolute Gasteiger partial charge is 0.460 e. The van der Waals surface area contributed by atoms with Crippen LogP contribution in [-0.4, -0.2) is 42.3 Å². The van der Waals surface area contributed by atoms with E-state index in [1.807, 2.05) is 0 Å². The minimum absolute atomic E-state index is 0.0352. The van der Waals surface area contributed by atoms with Crippen molar-refractivity contribution in [1.82, 2.24) is 5.32 Å². The van der Waals surface area contributed by atoms with E-state index >= 15 is 0 Å². The Morgan fingerprint density at radius 2 is 1.82 bits per heavy atom. The third kappa shape index (κ3) is 12.2. The van der Waals surface area contributed by atoms with E-state index in [1.165, 1.54) is 6.92 Å². The van der Waals surface area contributed by atoms with Gasteiger partial charge in [-0.25, -0.2) is 9.59 Å². The van der Waals surface area contributed by atoms with E-state index in [4.69, 9.17) is 14.2 Å². The first-order chi connectivity index (χ1) is 10.1. The molecule has 0 rings (SSSR count). The van der Waals surface area contributed by atoms with Crippen LogP contribution in [0.5, 0.6) is 0 Å². The fraction of sp³-hybridized carbons (Fsp3) is 0.643. The van der Waals surface area contributed by atoms with Crippen LogP contribution in [0, 0.1) is 0 Å². The summed E-state index contributed by atoms with van der Waals surface area (Å²) < 4.78 is 14.0. The van der Waals surface area contributed by atoms with Crippen LogP contribution in [0.1, 0.15) is 33.6 Å². The van der Waals surface area contributed by atoms with Crippen molar-refractivity contribution in [3.05, 3.63) is 12.2 Å². The molecule has 0 spiro atoms. The molecule has 1 amide bonds. The molecular weight excluding hydrogens is 358 g/mol. The normalized spacial score (nSPS) is 10.5. The molecule has 1 N–H and O–H groups in total. The minimum Gasteiger partial charge on any atom is -0.460 e. The third-order valence-corrected chi connectivity index (χ3v) is 2.23. The van der Waals surface area contributed by atoms with E-state index in [2.05, 4.69) is 27.8 Å². The molecule has 0 aromatic rings. The summed E-state index contributed by atoms with van der Waals surface area (Å²) >= 11 is 3.19. The third-order valence-electron chi connectivity index (χ3n) is 2.07. The van der Waals surface area contributed by atoms with E-state index in [0.717, 1.165) is 0 Å². The SMILES string of the molecule is C=C(C)C(=O)OCCNC(=O)OCCCC(=O)OC(C)(C)Br. The summed E-state index contributed by atoms with van der Waals surface area (Å²) in [6, 6.07) is 0. The van der Waals surface area contributed by atoms with E-state index in [-0.39, 0.29) is 32.1 Å². The number of hydrogen-bond donors (Lipinski definition) is 1. The van der Waals surface area contributed by atoms with Crippen molar-refractivity contribution in [2.45, 2.75) is 38.1 Å². The van der Waals surface area contributed by atoms with Crippen molar-refractivity contribution in [2.75, 3.05) is 19.8 Å². The Hall–Kier alpha value is -1.57. The van der Waals surface area contributed by atoms with Crippen molar-refractivity contribution < 1.29 is 28.6 Å². The number of rotatable bonds is 9. The second-order valence-electron chi connectivity index (χ2n) is 4.92. The number of carbonyl (C=O) groups is 3. The van der Waals surface area contributed by atoms with Gasteiger partial charge in [-0.05, 0) is 43.1 Å². The monoisotopic (exact) mass is 379 g/mol. The van der Waals surface area contributed by atoms with E-state index < -0.39 is 16.6 Å². The van der Waals surface area contributed by atoms with Gasteiger partial charge >= 0.3 is 18.0 Å². The second kappa shape index (κ2) is 10.2. The molecule has 0 unspecified atom stereocenters. The number of alkyl halides is 1. The summed E-state index contributed by atoms with van der Waals surface area (Å²) in [5.74, 6) is -0.888. The molecule has 0 aromatic heterocycles. The molecule has 0 saturated carbocycles. The molecule has 0 heterocycles. The van der Waals surface area contributed by atoms with Crippen molar-refractivity contribution in [3.8, 4) is 0 Å². The first kappa shape index (κ1) is 20.4. The summed E-state index contributed by atoms with van der Waals surface area (Å²) in [4.78, 5) is 33.7. The van der Waals surface area contributed by atoms with Gasteiger partial charge in [0.25, 0.3) is 0 Å². The number of hydrogen-bond acceptors (Lipinski definition) is 6. The quantitative estimate of drug-likeness (QED) is 0.217. The Bertz CT molecular complexity index is 416. The standard InChI is InChI=1S/C14H22BrNO6/c1-10(2)12(18)20-9-7-16-13(19)21-8-5-6-11(17)22-14(3,4)15/h1,5-9H2,2-4H3,(H,16,19). The zero-order valence-electron chi connectivity index (χ0n) is 13.1. The predicted molar refractivity (Wildman–Crippen MR) is 83.5 cm³/mol. The summed E-state index contributed by atoms with van der Waals surface area (Å²) in [7, 11) is 0. The highest BCUT2D eigenvalue weighted by Crippen LogP contribution is 2.18. The number of amides is 1. The van der Waals surface area contributed by atoms with Crippen LogP contribution in [-0.2, 0) is 23.8 Å². The Morgan fingerprint density at radius 3 is 2.36 bits per heavy atom. The van der Waals surface area contributed by atoms with Gasteiger partial charge < -0.3 is 19.5 Å². The summed E-state index contributed by atoms with van der Waals surface area (Å²) in [6.07, 6.45) is -0.126. The zero-order chi connectivity index (χ0) is 17.2. The Labute approximate surface area is 138 Å². The van der Waals surface area contributed by atoms with Gasteiger partial charge in [-0.1, -0.05) is 6.58 Å². The molecule has 0 atom stereocenters. The number of ether oxygens (including phenoxy) is 3. The van der Waals surface area contributed by atoms with Crippen molar-refractivity contribution in [3.63, 3.8) is 0 Å². The van der Waals surface area contributed by atoms with Gasteiger partial charge in [-0.15, -0.1) is 0 Å². The van der Waals surface area contributed by atoms with Gasteiger partial charge in [0.15, 0.2) is 4.51 Å². The molecular formula is C14H22BrNO6. The van der Waals surface area contributed by atoms with Crippen LogP contribution in [0.3, 0.4) is 0 Å². The van der Waals surface area contributed by atoms with Crippen LogP contribution >= 0.6 is 15.9 Å². The van der Waals surface area contributed by atoms with E-state index in [1.54, 1.807) is 13.8 Å². The fourth-order valence-electron chi connectivity index (χ4n) is 1.17. The lowest BCUT2D eigenvalue weighted by molar-refractivity contribution is -0.149. The van der Waals surface area contributed by atoms with Crippen LogP contribution in [0.4, 0.5) is 4.79 Å². The van der Waals surface area contributed by atoms with Crippen LogP contribution in [0.25, 0.3) is 0 Å². The molecule has 0 saturated heterocycles. The molecule has 126 valence electrons. The molecule has 0 fully saturated rings. The Morgan fingerprint density at radius 1 is 1.18 bits per heavy atom. The van der Waals surface area contributed by atoms with Crippen LogP contribution in [0.2, 0.25) is 0 Å². The zero-order valence-corrected chi connectivity index (χ0v) is 14.7. The topological polar surface area (TPSA) is 90.9 Å². The fourth-order valence-corrected chi connectivity index (χ4v) is 1.35. The van der Waals surface area contributed by atoms with E-state index in [9.17, 15) is 14.4 Å². The average molecular weight is 380 g/mol. The maximum atomic E-state index is 11.4. The number of esters is 2. The molecule has 8 heteroatoms. The number of alkyl carbamates (subject to hydrolysis) is 1. The maximum absolute atomic E-state index is 11.4. The van der Waals surface area contributed by atoms with Crippen molar-refractivity contribution in [2.24, 2.45) is 0 Å². The lowest BCUT2D eigenvalue weighted by Crippen LogP contribution is -2.29. The van der Waals surface area contributed by atoms with Gasteiger partial charge in [0, 0.05) is 12.0 Å². The smallest absolute Gasteiger partial charge is 0.407 e. The van der Waals surface area contributed by atoms with Crippen LogP contribution in [0.15, 0.2) is 12.2 Å². The van der Waals surface area contributed by atoms with Gasteiger partial charge in [-0.3, -0.25) is 4.79 Å². The van der Waals surface area contributed by atoms with Crippen LogP contribution < -0.4 is 5.32 Å². The van der Waals surface area contributed by atoms with Gasteiger partial charge in [0.05, 0.1) is 13.2 Å². The van der Waals surface area contributed by atoms with Gasteiger partial charge in [0.1, 0.15) is 6.61 Å². The number of nitrogens with one attached hydrogen (secondary N) is 1. The van der Waals surface area contributed by atoms with E-state index in [0.29, 0.717) is 12.0 Å². The number of carbonyl (C=O) groups excluding carboxylic acids is 3. The molecule has 0 bridgehead atoms. The summed E-state index contributed by atoms with van der Waals surface area (Å²) in [6.45, 7) is 8.63.